The molecule has 1 heterocycles. The number of amides is 1. The predicted molar refractivity (Wildman–Crippen MR) is 110 cm³/mol. The van der Waals surface area contributed by atoms with Crippen molar-refractivity contribution < 1.29 is 4.79 Å². The third-order valence-electron chi connectivity index (χ3n) is 4.13. The summed E-state index contributed by atoms with van der Waals surface area (Å²) in [6.07, 6.45) is 0. The lowest BCUT2D eigenvalue weighted by atomic mass is 10.1. The second-order valence-electron chi connectivity index (χ2n) is 6.05. The molecular formula is C20H21ClN4OS. The number of nitrogens with one attached hydrogen (secondary N) is 1. The maximum atomic E-state index is 12.3. The van der Waals surface area contributed by atoms with Crippen LogP contribution in [0.25, 0.3) is 11.4 Å². The van der Waals surface area contributed by atoms with Crippen LogP contribution in [0, 0.1) is 0 Å². The number of hydrogen-bond acceptors (Lipinski definition) is 4. The highest BCUT2D eigenvalue weighted by molar-refractivity contribution is 7.99. The number of hydrogen-bond donors (Lipinski definition) is 1. The Bertz CT molecular complexity index is 913. The first-order valence-corrected chi connectivity index (χ1v) is 10.1. The minimum absolute atomic E-state index is 0.0358. The van der Waals surface area contributed by atoms with Crippen molar-refractivity contribution in [2.75, 3.05) is 5.75 Å². The minimum atomic E-state index is -0.0367. The normalized spacial score (nSPS) is 12.0. The van der Waals surface area contributed by atoms with Crippen molar-refractivity contribution >= 4 is 29.3 Å². The van der Waals surface area contributed by atoms with E-state index in [1.165, 1.54) is 11.8 Å². The lowest BCUT2D eigenvalue weighted by Gasteiger charge is -2.14. The van der Waals surface area contributed by atoms with Gasteiger partial charge in [0.1, 0.15) is 0 Å². The maximum absolute atomic E-state index is 12.3. The summed E-state index contributed by atoms with van der Waals surface area (Å²) in [6.45, 7) is 4.71. The van der Waals surface area contributed by atoms with Gasteiger partial charge in [0.15, 0.2) is 11.0 Å². The smallest absolute Gasteiger partial charge is 0.230 e. The van der Waals surface area contributed by atoms with E-state index in [9.17, 15) is 4.79 Å². The van der Waals surface area contributed by atoms with E-state index in [-0.39, 0.29) is 17.7 Å². The largest absolute Gasteiger partial charge is 0.349 e. The van der Waals surface area contributed by atoms with E-state index in [1.54, 1.807) is 0 Å². The van der Waals surface area contributed by atoms with Crippen molar-refractivity contribution in [3.05, 3.63) is 65.2 Å². The Morgan fingerprint density at radius 2 is 1.96 bits per heavy atom. The van der Waals surface area contributed by atoms with Gasteiger partial charge in [-0.3, -0.25) is 4.79 Å². The number of halogens is 1. The molecule has 0 radical (unpaired) electrons. The first kappa shape index (κ1) is 19.5. The fourth-order valence-electron chi connectivity index (χ4n) is 2.76. The van der Waals surface area contributed by atoms with Crippen LogP contribution < -0.4 is 5.32 Å². The van der Waals surface area contributed by atoms with Crippen LogP contribution in [0.15, 0.2) is 59.8 Å². The van der Waals surface area contributed by atoms with Crippen molar-refractivity contribution in [3.8, 4) is 11.4 Å². The Kier molecular flexibility index (Phi) is 6.53. The SMILES string of the molecule is CCn1c(SCC(=O)N[C@H](C)c2ccccc2)nnc1-c1cccc(Cl)c1. The second-order valence-corrected chi connectivity index (χ2v) is 7.43. The van der Waals surface area contributed by atoms with Crippen molar-refractivity contribution in [2.45, 2.75) is 31.6 Å². The molecule has 3 rings (SSSR count). The molecule has 0 fully saturated rings. The van der Waals surface area contributed by atoms with Crippen LogP contribution in [0.1, 0.15) is 25.5 Å². The van der Waals surface area contributed by atoms with Crippen molar-refractivity contribution in [3.63, 3.8) is 0 Å². The van der Waals surface area contributed by atoms with Gasteiger partial charge in [-0.15, -0.1) is 10.2 Å². The highest BCUT2D eigenvalue weighted by Gasteiger charge is 2.16. The number of rotatable bonds is 7. The molecule has 0 saturated carbocycles. The standard InChI is InChI=1S/C20H21ClN4OS/c1-3-25-19(16-10-7-11-17(21)12-16)23-24-20(25)27-13-18(26)22-14(2)15-8-5-4-6-9-15/h4-12,14H,3,13H2,1-2H3,(H,22,26)/t14-/m1/s1. The van der Waals surface area contributed by atoms with Crippen LogP contribution in [-0.2, 0) is 11.3 Å². The molecule has 0 bridgehead atoms. The Labute approximate surface area is 168 Å². The van der Waals surface area contributed by atoms with Crippen LogP contribution in [-0.4, -0.2) is 26.4 Å². The first-order chi connectivity index (χ1) is 13.1. The summed E-state index contributed by atoms with van der Waals surface area (Å²) < 4.78 is 1.99. The van der Waals surface area contributed by atoms with Gasteiger partial charge in [-0.05, 0) is 31.5 Å². The van der Waals surface area contributed by atoms with Crippen LogP contribution >= 0.6 is 23.4 Å². The van der Waals surface area contributed by atoms with Gasteiger partial charge in [-0.1, -0.05) is 65.8 Å². The number of carbonyl (C=O) groups is 1. The van der Waals surface area contributed by atoms with Gasteiger partial charge in [0.25, 0.3) is 0 Å². The number of thioether (sulfide) groups is 1. The highest BCUT2D eigenvalue weighted by Crippen LogP contribution is 2.25. The zero-order chi connectivity index (χ0) is 19.2. The molecule has 1 atom stereocenters. The summed E-state index contributed by atoms with van der Waals surface area (Å²) in [6, 6.07) is 17.4. The minimum Gasteiger partial charge on any atom is -0.349 e. The van der Waals surface area contributed by atoms with Gasteiger partial charge in [-0.25, -0.2) is 0 Å². The van der Waals surface area contributed by atoms with Gasteiger partial charge in [0, 0.05) is 17.1 Å². The molecule has 0 aliphatic rings. The van der Waals surface area contributed by atoms with Gasteiger partial charge in [-0.2, -0.15) is 0 Å². The van der Waals surface area contributed by atoms with E-state index in [0.29, 0.717) is 11.6 Å². The third kappa shape index (κ3) is 4.90. The number of carbonyl (C=O) groups excluding carboxylic acids is 1. The molecule has 1 aromatic heterocycles. The average Bonchev–Trinajstić information content (AvgIpc) is 3.10. The Morgan fingerprint density at radius 3 is 2.67 bits per heavy atom. The quantitative estimate of drug-likeness (QED) is 0.589. The van der Waals surface area contributed by atoms with Crippen LogP contribution in [0.3, 0.4) is 0 Å². The van der Waals surface area contributed by atoms with E-state index < -0.39 is 0 Å². The zero-order valence-corrected chi connectivity index (χ0v) is 16.8. The van der Waals surface area contributed by atoms with Crippen molar-refractivity contribution in [2.24, 2.45) is 0 Å². The molecule has 1 amide bonds. The monoisotopic (exact) mass is 400 g/mol. The Hall–Kier alpha value is -2.31. The summed E-state index contributed by atoms with van der Waals surface area (Å²) in [7, 11) is 0. The topological polar surface area (TPSA) is 59.8 Å². The summed E-state index contributed by atoms with van der Waals surface area (Å²) in [5.74, 6) is 0.997. The van der Waals surface area contributed by atoms with Gasteiger partial charge in [0.05, 0.1) is 11.8 Å². The molecule has 0 unspecified atom stereocenters. The lowest BCUT2D eigenvalue weighted by Crippen LogP contribution is -2.28. The average molecular weight is 401 g/mol. The molecular weight excluding hydrogens is 380 g/mol. The fourth-order valence-corrected chi connectivity index (χ4v) is 3.76. The van der Waals surface area contributed by atoms with Gasteiger partial charge < -0.3 is 9.88 Å². The van der Waals surface area contributed by atoms with Gasteiger partial charge in [0.2, 0.25) is 5.91 Å². The molecule has 1 N–H and O–H groups in total. The van der Waals surface area contributed by atoms with Gasteiger partial charge >= 0.3 is 0 Å². The molecule has 0 spiro atoms. The van der Waals surface area contributed by atoms with E-state index in [2.05, 4.69) is 15.5 Å². The van der Waals surface area contributed by atoms with Crippen molar-refractivity contribution in [1.29, 1.82) is 0 Å². The first-order valence-electron chi connectivity index (χ1n) is 8.74. The van der Waals surface area contributed by atoms with Crippen LogP contribution in [0.5, 0.6) is 0 Å². The summed E-state index contributed by atoms with van der Waals surface area (Å²) in [4.78, 5) is 12.3. The molecule has 7 heteroatoms. The second kappa shape index (κ2) is 9.06. The number of nitrogens with zero attached hydrogens (tertiary/aromatic N) is 3. The summed E-state index contributed by atoms with van der Waals surface area (Å²) in [5.41, 5.74) is 1.99. The molecule has 140 valence electrons. The molecule has 5 nitrogen and oxygen atoms in total. The predicted octanol–water partition coefficient (Wildman–Crippen LogP) is 4.59. The molecule has 2 aromatic carbocycles. The van der Waals surface area contributed by atoms with Crippen LogP contribution in [0.4, 0.5) is 0 Å². The molecule has 0 aliphatic carbocycles. The Morgan fingerprint density at radius 1 is 1.19 bits per heavy atom. The Balaban J connectivity index is 1.65. The van der Waals surface area contributed by atoms with Crippen LogP contribution in [0.2, 0.25) is 5.02 Å². The highest BCUT2D eigenvalue weighted by atomic mass is 35.5. The molecule has 0 aliphatic heterocycles. The van der Waals surface area contributed by atoms with E-state index in [4.69, 9.17) is 11.6 Å². The molecule has 27 heavy (non-hydrogen) atoms. The van der Waals surface area contributed by atoms with E-state index in [1.807, 2.05) is 73.0 Å². The third-order valence-corrected chi connectivity index (χ3v) is 5.33. The summed E-state index contributed by atoms with van der Waals surface area (Å²) in [5, 5.41) is 12.9. The molecule has 0 saturated heterocycles. The molecule has 3 aromatic rings. The van der Waals surface area contributed by atoms with E-state index >= 15 is 0 Å². The van der Waals surface area contributed by atoms with Crippen molar-refractivity contribution in [1.82, 2.24) is 20.1 Å². The van der Waals surface area contributed by atoms with E-state index in [0.717, 1.165) is 22.1 Å². The lowest BCUT2D eigenvalue weighted by molar-refractivity contribution is -0.119. The number of aromatic nitrogens is 3. The zero-order valence-electron chi connectivity index (χ0n) is 15.2. The fraction of sp³-hybridized carbons (Fsp3) is 0.250. The number of benzene rings is 2. The maximum Gasteiger partial charge on any atom is 0.230 e. The summed E-state index contributed by atoms with van der Waals surface area (Å²) >= 11 is 7.46.